The molecule has 1 aromatic rings. The van der Waals surface area contributed by atoms with Crippen LogP contribution in [0, 0.1) is 5.92 Å². The lowest BCUT2D eigenvalue weighted by Crippen LogP contribution is -2.46. The van der Waals surface area contributed by atoms with Crippen molar-refractivity contribution >= 4 is 0 Å². The quantitative estimate of drug-likeness (QED) is 0.840. The van der Waals surface area contributed by atoms with Crippen molar-refractivity contribution in [3.8, 4) is 0 Å². The van der Waals surface area contributed by atoms with E-state index >= 15 is 0 Å². The summed E-state index contributed by atoms with van der Waals surface area (Å²) in [4.78, 5) is 0. The Hall–Kier alpha value is -0.900. The van der Waals surface area contributed by atoms with Gasteiger partial charge in [0.05, 0.1) is 0 Å². The Morgan fingerprint density at radius 3 is 1.60 bits per heavy atom. The molecule has 3 heteroatoms. The molecule has 0 heterocycles. The number of aliphatic hydroxyl groups excluding tert-OH is 1. The first-order valence-electron chi connectivity index (χ1n) is 7.08. The van der Waals surface area contributed by atoms with E-state index in [1.54, 1.807) is 14.2 Å². The molecule has 1 aromatic carbocycles. The molecule has 0 bridgehead atoms. The molecular formula is C17H28O3. The molecule has 0 radical (unpaired) electrons. The Morgan fingerprint density at radius 1 is 0.900 bits per heavy atom. The maximum absolute atomic E-state index is 10.5. The number of ether oxygens (including phenoxy) is 2. The lowest BCUT2D eigenvalue weighted by atomic mass is 9.85. The van der Waals surface area contributed by atoms with Gasteiger partial charge in [0.2, 0.25) is 5.79 Å². The van der Waals surface area contributed by atoms with Crippen molar-refractivity contribution in [2.75, 3.05) is 14.2 Å². The molecule has 1 N–H and O–H groups in total. The van der Waals surface area contributed by atoms with Gasteiger partial charge in [0.25, 0.3) is 0 Å². The third kappa shape index (κ3) is 3.22. The van der Waals surface area contributed by atoms with Crippen LogP contribution in [0.3, 0.4) is 0 Å². The van der Waals surface area contributed by atoms with Gasteiger partial charge in [-0.3, -0.25) is 0 Å². The predicted molar refractivity (Wildman–Crippen MR) is 81.7 cm³/mol. The molecular weight excluding hydrogens is 252 g/mol. The number of rotatable bonds is 5. The first kappa shape index (κ1) is 17.2. The van der Waals surface area contributed by atoms with E-state index in [1.807, 2.05) is 26.0 Å². The van der Waals surface area contributed by atoms with E-state index in [-0.39, 0.29) is 11.3 Å². The summed E-state index contributed by atoms with van der Waals surface area (Å²) < 4.78 is 11.1. The van der Waals surface area contributed by atoms with Crippen LogP contribution in [0.15, 0.2) is 24.3 Å². The summed E-state index contributed by atoms with van der Waals surface area (Å²) in [5.74, 6) is -1.10. The highest BCUT2D eigenvalue weighted by Gasteiger charge is 2.42. The summed E-state index contributed by atoms with van der Waals surface area (Å²) in [7, 11) is 3.12. The Bertz CT molecular complexity index is 411. The zero-order valence-corrected chi connectivity index (χ0v) is 13.7. The van der Waals surface area contributed by atoms with Crippen LogP contribution in [0.4, 0.5) is 0 Å². The van der Waals surface area contributed by atoms with Gasteiger partial charge in [-0.2, -0.15) is 0 Å². The van der Waals surface area contributed by atoms with Gasteiger partial charge in [-0.1, -0.05) is 58.9 Å². The number of hydrogen-bond acceptors (Lipinski definition) is 3. The fraction of sp³-hybridized carbons (Fsp3) is 0.647. The zero-order chi connectivity index (χ0) is 15.6. The molecule has 0 amide bonds. The predicted octanol–water partition coefficient (Wildman–Crippen LogP) is 3.45. The smallest absolute Gasteiger partial charge is 0.221 e. The summed E-state index contributed by atoms with van der Waals surface area (Å²) in [6.45, 7) is 10.4. The van der Waals surface area contributed by atoms with Crippen LogP contribution in [-0.4, -0.2) is 25.4 Å². The standard InChI is InChI=1S/C17H28O3/c1-12(2)15(18)17(19-6,20-7)14-10-8-13(9-11-14)16(3,4)5/h8-12,15,18H,1-7H3. The van der Waals surface area contributed by atoms with E-state index < -0.39 is 11.9 Å². The minimum atomic E-state index is -1.12. The van der Waals surface area contributed by atoms with Crippen molar-refractivity contribution in [2.24, 2.45) is 5.92 Å². The van der Waals surface area contributed by atoms with E-state index in [0.29, 0.717) is 0 Å². The Kier molecular flexibility index (Phi) is 5.36. The normalized spacial score (nSPS) is 14.7. The maximum atomic E-state index is 10.5. The third-order valence-corrected chi connectivity index (χ3v) is 3.78. The SMILES string of the molecule is COC(OC)(c1ccc(C(C)(C)C)cc1)C(O)C(C)C. The largest absolute Gasteiger partial charge is 0.387 e. The molecule has 0 aromatic heterocycles. The summed E-state index contributed by atoms with van der Waals surface area (Å²) in [6, 6.07) is 8.07. The molecule has 0 aliphatic heterocycles. The van der Waals surface area contributed by atoms with Crippen molar-refractivity contribution in [3.63, 3.8) is 0 Å². The molecule has 1 atom stereocenters. The summed E-state index contributed by atoms with van der Waals surface area (Å²) in [6.07, 6.45) is -0.738. The highest BCUT2D eigenvalue weighted by Crippen LogP contribution is 2.34. The Morgan fingerprint density at radius 2 is 1.30 bits per heavy atom. The van der Waals surface area contributed by atoms with Crippen LogP contribution < -0.4 is 0 Å². The van der Waals surface area contributed by atoms with Crippen molar-refractivity contribution < 1.29 is 14.6 Å². The molecule has 20 heavy (non-hydrogen) atoms. The molecule has 0 spiro atoms. The van der Waals surface area contributed by atoms with Gasteiger partial charge < -0.3 is 14.6 Å². The molecule has 3 nitrogen and oxygen atoms in total. The molecule has 1 unspecified atom stereocenters. The third-order valence-electron chi connectivity index (χ3n) is 3.78. The van der Waals surface area contributed by atoms with Gasteiger partial charge in [-0.05, 0) is 16.9 Å². The highest BCUT2D eigenvalue weighted by atomic mass is 16.7. The van der Waals surface area contributed by atoms with Crippen LogP contribution in [0.5, 0.6) is 0 Å². The second-order valence-electron chi connectivity index (χ2n) is 6.59. The van der Waals surface area contributed by atoms with Gasteiger partial charge in [-0.25, -0.2) is 0 Å². The number of benzene rings is 1. The second kappa shape index (κ2) is 6.25. The zero-order valence-electron chi connectivity index (χ0n) is 13.7. The monoisotopic (exact) mass is 280 g/mol. The van der Waals surface area contributed by atoms with Gasteiger partial charge >= 0.3 is 0 Å². The minimum absolute atomic E-state index is 0.0252. The van der Waals surface area contributed by atoms with Crippen molar-refractivity contribution in [1.29, 1.82) is 0 Å². The van der Waals surface area contributed by atoms with Gasteiger partial charge in [-0.15, -0.1) is 0 Å². The summed E-state index contributed by atoms with van der Waals surface area (Å²) in [5, 5.41) is 10.5. The fourth-order valence-electron chi connectivity index (χ4n) is 2.37. The molecule has 0 saturated carbocycles. The highest BCUT2D eigenvalue weighted by molar-refractivity contribution is 5.30. The fourth-order valence-corrected chi connectivity index (χ4v) is 2.37. The van der Waals surface area contributed by atoms with Gasteiger partial charge in [0.1, 0.15) is 6.10 Å². The Labute approximate surface area is 122 Å². The maximum Gasteiger partial charge on any atom is 0.221 e. The minimum Gasteiger partial charge on any atom is -0.387 e. The van der Waals surface area contributed by atoms with Crippen LogP contribution in [0.25, 0.3) is 0 Å². The number of aliphatic hydroxyl groups is 1. The molecule has 0 aliphatic carbocycles. The molecule has 0 saturated heterocycles. The number of methoxy groups -OCH3 is 2. The van der Waals surface area contributed by atoms with E-state index in [0.717, 1.165) is 5.56 Å². The first-order valence-corrected chi connectivity index (χ1v) is 7.08. The van der Waals surface area contributed by atoms with Crippen molar-refractivity contribution in [3.05, 3.63) is 35.4 Å². The lowest BCUT2D eigenvalue weighted by Gasteiger charge is -2.37. The van der Waals surface area contributed by atoms with Crippen LogP contribution in [0.1, 0.15) is 45.7 Å². The second-order valence-corrected chi connectivity index (χ2v) is 6.59. The van der Waals surface area contributed by atoms with E-state index in [4.69, 9.17) is 9.47 Å². The van der Waals surface area contributed by atoms with Gasteiger partial charge in [0.15, 0.2) is 0 Å². The average molecular weight is 280 g/mol. The Balaban J connectivity index is 3.23. The average Bonchev–Trinajstić information content (AvgIpc) is 2.40. The molecule has 114 valence electrons. The van der Waals surface area contributed by atoms with Gasteiger partial charge in [0, 0.05) is 19.8 Å². The summed E-state index contributed by atoms with van der Waals surface area (Å²) in [5.41, 5.74) is 2.16. The van der Waals surface area contributed by atoms with Crippen LogP contribution >= 0.6 is 0 Å². The molecule has 0 fully saturated rings. The lowest BCUT2D eigenvalue weighted by molar-refractivity contribution is -0.277. The topological polar surface area (TPSA) is 38.7 Å². The number of hydrogen-bond donors (Lipinski definition) is 1. The summed E-state index contributed by atoms with van der Waals surface area (Å²) >= 11 is 0. The van der Waals surface area contributed by atoms with Crippen molar-refractivity contribution in [2.45, 2.75) is 51.9 Å². The van der Waals surface area contributed by atoms with E-state index in [1.165, 1.54) is 5.56 Å². The van der Waals surface area contributed by atoms with Crippen LogP contribution in [-0.2, 0) is 20.7 Å². The van der Waals surface area contributed by atoms with E-state index in [2.05, 4.69) is 32.9 Å². The van der Waals surface area contributed by atoms with Crippen molar-refractivity contribution in [1.82, 2.24) is 0 Å². The molecule has 1 rings (SSSR count). The van der Waals surface area contributed by atoms with E-state index in [9.17, 15) is 5.11 Å². The van der Waals surface area contributed by atoms with Crippen LogP contribution in [0.2, 0.25) is 0 Å². The first-order chi connectivity index (χ1) is 9.19. The molecule has 0 aliphatic rings.